The molecule has 1 fully saturated rings. The van der Waals surface area contributed by atoms with Crippen molar-refractivity contribution in [3.63, 3.8) is 0 Å². The molecule has 9 heteroatoms. The molecule has 1 saturated heterocycles. The molecule has 0 radical (unpaired) electrons. The zero-order valence-electron chi connectivity index (χ0n) is 13.9. The molecular weight excluding hydrogens is 381 g/mol. The fraction of sp³-hybridized carbons (Fsp3) is 0.111. The summed E-state index contributed by atoms with van der Waals surface area (Å²) in [6.07, 6.45) is 1.29. The molecule has 1 aliphatic heterocycles. The lowest BCUT2D eigenvalue weighted by atomic mass is 10.1. The number of anilines is 1. The van der Waals surface area contributed by atoms with Gasteiger partial charge in [-0.3, -0.25) is 4.79 Å². The zero-order chi connectivity index (χ0) is 19.6. The molecule has 3 rings (SSSR count). The second-order valence-electron chi connectivity index (χ2n) is 5.34. The van der Waals surface area contributed by atoms with Crippen molar-refractivity contribution < 1.29 is 27.4 Å². The van der Waals surface area contributed by atoms with Gasteiger partial charge in [-0.2, -0.15) is 8.78 Å². The Kier molecular flexibility index (Phi) is 5.31. The lowest BCUT2D eigenvalue weighted by molar-refractivity contribution is -0.113. The predicted octanol–water partition coefficient (Wildman–Crippen LogP) is 3.70. The Bertz CT molecular complexity index is 934. The molecule has 0 aliphatic carbocycles. The quantitative estimate of drug-likeness (QED) is 0.619. The van der Waals surface area contributed by atoms with Crippen molar-refractivity contribution in [1.29, 1.82) is 0 Å². The number of benzene rings is 2. The Labute approximate surface area is 158 Å². The smallest absolute Gasteiger partial charge is 0.387 e. The summed E-state index contributed by atoms with van der Waals surface area (Å²) in [7, 11) is 1.30. The zero-order valence-corrected chi connectivity index (χ0v) is 14.7. The van der Waals surface area contributed by atoms with E-state index in [1.807, 2.05) is 0 Å². The van der Waals surface area contributed by atoms with Crippen LogP contribution < -0.4 is 19.7 Å². The van der Waals surface area contributed by atoms with E-state index in [1.54, 1.807) is 12.1 Å². The number of hydrogen-bond acceptors (Lipinski definition) is 4. The van der Waals surface area contributed by atoms with Crippen LogP contribution in [0, 0.1) is 5.82 Å². The number of hydrogen-bond donors (Lipinski definition) is 1. The minimum atomic E-state index is -3.08. The van der Waals surface area contributed by atoms with Gasteiger partial charge >= 0.3 is 6.61 Å². The van der Waals surface area contributed by atoms with E-state index >= 15 is 0 Å². The summed E-state index contributed by atoms with van der Waals surface area (Å²) in [5, 5.41) is 2.63. The standard InChI is InChI=1S/C18H13F3N2O3S/c1-25-14-8-4-5-10(15(14)26-17(20)21)9-12-16(24)23(18(27)22-12)13-7-3-2-6-11(13)19/h2-9,17H,1H3,(H,22,27). The van der Waals surface area contributed by atoms with Gasteiger partial charge in [0.15, 0.2) is 16.6 Å². The number of nitrogens with one attached hydrogen (secondary N) is 1. The summed E-state index contributed by atoms with van der Waals surface area (Å²) >= 11 is 5.11. The first kappa shape index (κ1) is 18.7. The van der Waals surface area contributed by atoms with E-state index in [0.717, 1.165) is 4.90 Å². The molecule has 0 spiro atoms. The van der Waals surface area contributed by atoms with Crippen LogP contribution in [-0.4, -0.2) is 24.7 Å². The normalized spacial score (nSPS) is 15.4. The molecule has 27 heavy (non-hydrogen) atoms. The molecule has 0 unspecified atom stereocenters. The maximum absolute atomic E-state index is 14.0. The molecule has 2 aromatic carbocycles. The first-order chi connectivity index (χ1) is 12.9. The summed E-state index contributed by atoms with van der Waals surface area (Å²) in [4.78, 5) is 13.7. The number of amides is 1. The fourth-order valence-corrected chi connectivity index (χ4v) is 2.86. The highest BCUT2D eigenvalue weighted by atomic mass is 32.1. The maximum atomic E-state index is 14.0. The maximum Gasteiger partial charge on any atom is 0.387 e. The third-order valence-corrected chi connectivity index (χ3v) is 3.99. The Morgan fingerprint density at radius 3 is 2.59 bits per heavy atom. The number of nitrogens with zero attached hydrogens (tertiary/aromatic N) is 1. The van der Waals surface area contributed by atoms with Crippen LogP contribution in [0.3, 0.4) is 0 Å². The molecule has 140 valence electrons. The van der Waals surface area contributed by atoms with Crippen LogP contribution in [0.5, 0.6) is 11.5 Å². The van der Waals surface area contributed by atoms with Gasteiger partial charge in [0.1, 0.15) is 11.5 Å². The van der Waals surface area contributed by atoms with E-state index in [4.69, 9.17) is 17.0 Å². The molecule has 0 atom stereocenters. The minimum Gasteiger partial charge on any atom is -0.493 e. The molecule has 1 amide bonds. The topological polar surface area (TPSA) is 50.8 Å². The number of para-hydroxylation sites is 2. The molecule has 1 N–H and O–H groups in total. The highest BCUT2D eigenvalue weighted by Gasteiger charge is 2.33. The SMILES string of the molecule is COc1cccc(C=C2NC(=S)N(c3ccccc3F)C2=O)c1OC(F)F. The number of carbonyl (C=O) groups is 1. The number of thiocarbonyl (C=S) groups is 1. The van der Waals surface area contributed by atoms with Crippen LogP contribution in [-0.2, 0) is 4.79 Å². The second kappa shape index (κ2) is 7.67. The van der Waals surface area contributed by atoms with Crippen LogP contribution in [0.4, 0.5) is 18.9 Å². The van der Waals surface area contributed by atoms with Crippen molar-refractivity contribution in [2.75, 3.05) is 12.0 Å². The van der Waals surface area contributed by atoms with E-state index < -0.39 is 18.3 Å². The van der Waals surface area contributed by atoms with E-state index in [2.05, 4.69) is 10.1 Å². The van der Waals surface area contributed by atoms with E-state index in [9.17, 15) is 18.0 Å². The summed E-state index contributed by atoms with van der Waals surface area (Å²) < 4.78 is 49.1. The number of ether oxygens (including phenoxy) is 2. The summed E-state index contributed by atoms with van der Waals surface area (Å²) in [6.45, 7) is -3.08. The first-order valence-electron chi connectivity index (χ1n) is 7.66. The average molecular weight is 394 g/mol. The Hall–Kier alpha value is -3.07. The lowest BCUT2D eigenvalue weighted by Crippen LogP contribution is -2.31. The van der Waals surface area contributed by atoms with Gasteiger partial charge in [-0.15, -0.1) is 0 Å². The van der Waals surface area contributed by atoms with Gasteiger partial charge in [-0.25, -0.2) is 9.29 Å². The molecule has 5 nitrogen and oxygen atoms in total. The van der Waals surface area contributed by atoms with E-state index in [1.165, 1.54) is 43.5 Å². The first-order valence-corrected chi connectivity index (χ1v) is 8.06. The van der Waals surface area contributed by atoms with Gasteiger partial charge in [-0.05, 0) is 36.5 Å². The van der Waals surface area contributed by atoms with Crippen molar-refractivity contribution in [2.45, 2.75) is 6.61 Å². The van der Waals surface area contributed by atoms with Crippen molar-refractivity contribution in [1.82, 2.24) is 5.32 Å². The van der Waals surface area contributed by atoms with Gasteiger partial charge in [0.2, 0.25) is 0 Å². The third kappa shape index (κ3) is 3.72. The molecule has 1 aliphatic rings. The molecule has 2 aromatic rings. The van der Waals surface area contributed by atoms with Gasteiger partial charge in [-0.1, -0.05) is 24.3 Å². The number of carbonyl (C=O) groups excluding carboxylic acids is 1. The molecule has 0 bridgehead atoms. The highest BCUT2D eigenvalue weighted by molar-refractivity contribution is 7.80. The van der Waals surface area contributed by atoms with Gasteiger partial charge in [0.25, 0.3) is 5.91 Å². The summed E-state index contributed by atoms with van der Waals surface area (Å²) in [5.41, 5.74) is 0.136. The summed E-state index contributed by atoms with van der Waals surface area (Å²) in [5.74, 6) is -1.41. The third-order valence-electron chi connectivity index (χ3n) is 3.71. The van der Waals surface area contributed by atoms with Crippen molar-refractivity contribution >= 4 is 35.0 Å². The number of rotatable bonds is 5. The average Bonchev–Trinajstić information content (AvgIpc) is 2.90. The monoisotopic (exact) mass is 394 g/mol. The number of methoxy groups -OCH3 is 1. The molecule has 1 heterocycles. The van der Waals surface area contributed by atoms with Crippen LogP contribution in [0.15, 0.2) is 48.2 Å². The van der Waals surface area contributed by atoms with Crippen LogP contribution in [0.25, 0.3) is 6.08 Å². The van der Waals surface area contributed by atoms with Crippen molar-refractivity contribution in [2.24, 2.45) is 0 Å². The predicted molar refractivity (Wildman–Crippen MR) is 97.2 cm³/mol. The lowest BCUT2D eigenvalue weighted by Gasteiger charge is -2.14. The van der Waals surface area contributed by atoms with Crippen LogP contribution in [0.1, 0.15) is 5.56 Å². The van der Waals surface area contributed by atoms with Gasteiger partial charge < -0.3 is 14.8 Å². The Morgan fingerprint density at radius 1 is 1.19 bits per heavy atom. The number of halogens is 3. The van der Waals surface area contributed by atoms with E-state index in [0.29, 0.717) is 0 Å². The molecular formula is C18H13F3N2O3S. The Morgan fingerprint density at radius 2 is 1.93 bits per heavy atom. The van der Waals surface area contributed by atoms with Gasteiger partial charge in [0, 0.05) is 5.56 Å². The molecule has 0 aromatic heterocycles. The minimum absolute atomic E-state index is 0.0157. The van der Waals surface area contributed by atoms with Crippen molar-refractivity contribution in [3.8, 4) is 11.5 Å². The second-order valence-corrected chi connectivity index (χ2v) is 5.72. The van der Waals surface area contributed by atoms with E-state index in [-0.39, 0.29) is 33.6 Å². The fourth-order valence-electron chi connectivity index (χ4n) is 2.56. The van der Waals surface area contributed by atoms with Gasteiger partial charge in [0.05, 0.1) is 12.8 Å². The van der Waals surface area contributed by atoms with Crippen molar-refractivity contribution in [3.05, 3.63) is 59.5 Å². The Balaban J connectivity index is 2.01. The number of alkyl halides is 2. The largest absolute Gasteiger partial charge is 0.493 e. The van der Waals surface area contributed by atoms with Crippen LogP contribution in [0.2, 0.25) is 0 Å². The summed E-state index contributed by atoms with van der Waals surface area (Å²) in [6, 6.07) is 10.1. The van der Waals surface area contributed by atoms with Crippen LogP contribution >= 0.6 is 12.2 Å². The highest BCUT2D eigenvalue weighted by Crippen LogP contribution is 2.34. The molecule has 0 saturated carbocycles.